The number of rotatable bonds is 7. The van der Waals surface area contributed by atoms with Crippen molar-refractivity contribution in [2.24, 2.45) is 5.73 Å². The Morgan fingerprint density at radius 2 is 2.10 bits per heavy atom. The summed E-state index contributed by atoms with van der Waals surface area (Å²) < 4.78 is 0. The maximum atomic E-state index is 11.5. The third-order valence-corrected chi connectivity index (χ3v) is 3.09. The average molecular weight is 292 g/mol. The Bertz CT molecular complexity index is 584. The number of primary amides is 1. The van der Waals surface area contributed by atoms with E-state index in [9.17, 15) is 19.7 Å². The van der Waals surface area contributed by atoms with E-state index in [4.69, 9.17) is 5.73 Å². The van der Waals surface area contributed by atoms with E-state index in [1.54, 1.807) is 0 Å². The average Bonchev–Trinajstić information content (AvgIpc) is 3.22. The van der Waals surface area contributed by atoms with Crippen molar-refractivity contribution in [1.82, 2.24) is 5.32 Å². The SMILES string of the molecule is NC(=O)c1ccc(NCCC(=O)NC2CC2)c([N+](=O)[O-])c1. The van der Waals surface area contributed by atoms with Crippen LogP contribution in [0.5, 0.6) is 0 Å². The fourth-order valence-electron chi connectivity index (χ4n) is 1.82. The minimum atomic E-state index is -0.728. The number of nitro benzene ring substituents is 1. The lowest BCUT2D eigenvalue weighted by Gasteiger charge is -2.08. The second kappa shape index (κ2) is 6.21. The minimum absolute atomic E-state index is 0.0683. The molecule has 4 N–H and O–H groups in total. The van der Waals surface area contributed by atoms with E-state index < -0.39 is 10.8 Å². The highest BCUT2D eigenvalue weighted by atomic mass is 16.6. The van der Waals surface area contributed by atoms with Crippen molar-refractivity contribution in [3.8, 4) is 0 Å². The van der Waals surface area contributed by atoms with Gasteiger partial charge in [-0.3, -0.25) is 19.7 Å². The Morgan fingerprint density at radius 3 is 2.67 bits per heavy atom. The molecule has 0 heterocycles. The van der Waals surface area contributed by atoms with E-state index in [2.05, 4.69) is 10.6 Å². The summed E-state index contributed by atoms with van der Waals surface area (Å²) in [5, 5.41) is 16.6. The Balaban J connectivity index is 1.96. The van der Waals surface area contributed by atoms with E-state index in [-0.39, 0.29) is 35.8 Å². The quantitative estimate of drug-likeness (QED) is 0.505. The van der Waals surface area contributed by atoms with Gasteiger partial charge in [0.25, 0.3) is 5.69 Å². The number of hydrogen-bond acceptors (Lipinski definition) is 5. The second-order valence-electron chi connectivity index (χ2n) is 4.87. The normalized spacial score (nSPS) is 13.5. The van der Waals surface area contributed by atoms with Crippen molar-refractivity contribution in [2.75, 3.05) is 11.9 Å². The molecular weight excluding hydrogens is 276 g/mol. The predicted octanol–water partition coefficient (Wildman–Crippen LogP) is 0.774. The van der Waals surface area contributed by atoms with E-state index in [1.165, 1.54) is 12.1 Å². The van der Waals surface area contributed by atoms with Crippen LogP contribution in [0.3, 0.4) is 0 Å². The summed E-state index contributed by atoms with van der Waals surface area (Å²) in [6, 6.07) is 4.23. The van der Waals surface area contributed by atoms with Crippen LogP contribution in [0.1, 0.15) is 29.6 Å². The number of nitro groups is 1. The van der Waals surface area contributed by atoms with E-state index >= 15 is 0 Å². The molecule has 1 fully saturated rings. The molecule has 0 bridgehead atoms. The van der Waals surface area contributed by atoms with Crippen LogP contribution in [0.4, 0.5) is 11.4 Å². The molecule has 1 aliphatic carbocycles. The van der Waals surface area contributed by atoms with Crippen LogP contribution >= 0.6 is 0 Å². The van der Waals surface area contributed by atoms with Gasteiger partial charge in [-0.05, 0) is 25.0 Å². The third kappa shape index (κ3) is 4.16. The molecular formula is C13H16N4O4. The molecule has 0 saturated heterocycles. The van der Waals surface area contributed by atoms with Gasteiger partial charge >= 0.3 is 0 Å². The number of carbonyl (C=O) groups excluding carboxylic acids is 2. The summed E-state index contributed by atoms with van der Waals surface area (Å²) in [7, 11) is 0. The first kappa shape index (κ1) is 14.8. The van der Waals surface area contributed by atoms with Gasteiger partial charge in [0.2, 0.25) is 11.8 Å². The van der Waals surface area contributed by atoms with Crippen molar-refractivity contribution >= 4 is 23.2 Å². The van der Waals surface area contributed by atoms with Gasteiger partial charge in [0.05, 0.1) is 4.92 Å². The highest BCUT2D eigenvalue weighted by molar-refractivity contribution is 5.94. The van der Waals surface area contributed by atoms with Crippen LogP contribution in [0.25, 0.3) is 0 Å². The molecule has 21 heavy (non-hydrogen) atoms. The van der Waals surface area contributed by atoms with Crippen LogP contribution in [0, 0.1) is 10.1 Å². The lowest BCUT2D eigenvalue weighted by Crippen LogP contribution is -2.27. The Labute approximate surface area is 120 Å². The van der Waals surface area contributed by atoms with E-state index in [1.807, 2.05) is 0 Å². The molecule has 0 unspecified atom stereocenters. The lowest BCUT2D eigenvalue weighted by atomic mass is 10.1. The van der Waals surface area contributed by atoms with E-state index in [0.717, 1.165) is 18.9 Å². The number of nitrogens with zero attached hydrogens (tertiary/aromatic N) is 1. The predicted molar refractivity (Wildman–Crippen MR) is 75.9 cm³/mol. The largest absolute Gasteiger partial charge is 0.379 e. The number of benzene rings is 1. The number of hydrogen-bond donors (Lipinski definition) is 3. The van der Waals surface area contributed by atoms with Gasteiger partial charge in [0.1, 0.15) is 5.69 Å². The Hall–Kier alpha value is -2.64. The summed E-state index contributed by atoms with van der Waals surface area (Å²) in [5.74, 6) is -0.810. The summed E-state index contributed by atoms with van der Waals surface area (Å²) in [6.07, 6.45) is 2.25. The number of nitrogens with one attached hydrogen (secondary N) is 2. The molecule has 112 valence electrons. The van der Waals surface area contributed by atoms with Gasteiger partial charge in [0.15, 0.2) is 0 Å². The van der Waals surface area contributed by atoms with Crippen LogP contribution in [0.2, 0.25) is 0 Å². The summed E-state index contributed by atoms with van der Waals surface area (Å²) in [4.78, 5) is 32.9. The van der Waals surface area contributed by atoms with Gasteiger partial charge in [-0.25, -0.2) is 0 Å². The first-order chi connectivity index (χ1) is 9.97. The molecule has 2 amide bonds. The van der Waals surface area contributed by atoms with Crippen molar-refractivity contribution in [2.45, 2.75) is 25.3 Å². The molecule has 2 rings (SSSR count). The van der Waals surface area contributed by atoms with Crippen molar-refractivity contribution in [3.05, 3.63) is 33.9 Å². The maximum Gasteiger partial charge on any atom is 0.293 e. The maximum absolute atomic E-state index is 11.5. The third-order valence-electron chi connectivity index (χ3n) is 3.09. The van der Waals surface area contributed by atoms with Crippen LogP contribution in [0.15, 0.2) is 18.2 Å². The van der Waals surface area contributed by atoms with Crippen molar-refractivity contribution < 1.29 is 14.5 Å². The van der Waals surface area contributed by atoms with Crippen molar-refractivity contribution in [3.63, 3.8) is 0 Å². The first-order valence-corrected chi connectivity index (χ1v) is 6.59. The zero-order valence-corrected chi connectivity index (χ0v) is 11.3. The summed E-state index contributed by atoms with van der Waals surface area (Å²) in [5.41, 5.74) is 5.17. The Morgan fingerprint density at radius 1 is 1.38 bits per heavy atom. The number of carbonyl (C=O) groups is 2. The van der Waals surface area contributed by atoms with Gasteiger partial charge < -0.3 is 16.4 Å². The van der Waals surface area contributed by atoms with Crippen LogP contribution in [-0.4, -0.2) is 29.3 Å². The number of nitrogens with two attached hydrogens (primary N) is 1. The first-order valence-electron chi connectivity index (χ1n) is 6.59. The topological polar surface area (TPSA) is 127 Å². The smallest absolute Gasteiger partial charge is 0.293 e. The zero-order chi connectivity index (χ0) is 15.4. The number of amides is 2. The highest BCUT2D eigenvalue weighted by Gasteiger charge is 2.23. The standard InChI is InChI=1S/C13H16N4O4/c14-13(19)8-1-4-10(11(7-8)17(20)21)15-6-5-12(18)16-9-2-3-9/h1,4,7,9,15H,2-3,5-6H2,(H2,14,19)(H,16,18). The molecule has 0 aliphatic heterocycles. The van der Waals surface area contributed by atoms with Crippen LogP contribution in [-0.2, 0) is 4.79 Å². The zero-order valence-electron chi connectivity index (χ0n) is 11.3. The molecule has 1 aromatic carbocycles. The number of anilines is 1. The van der Waals surface area contributed by atoms with Gasteiger partial charge in [-0.1, -0.05) is 0 Å². The lowest BCUT2D eigenvalue weighted by molar-refractivity contribution is -0.384. The molecule has 0 radical (unpaired) electrons. The highest BCUT2D eigenvalue weighted by Crippen LogP contribution is 2.25. The second-order valence-corrected chi connectivity index (χ2v) is 4.87. The molecule has 0 atom stereocenters. The molecule has 8 heteroatoms. The van der Waals surface area contributed by atoms with E-state index in [0.29, 0.717) is 6.04 Å². The van der Waals surface area contributed by atoms with Gasteiger partial charge in [-0.15, -0.1) is 0 Å². The van der Waals surface area contributed by atoms with Gasteiger partial charge in [-0.2, -0.15) is 0 Å². The molecule has 1 saturated carbocycles. The van der Waals surface area contributed by atoms with Crippen LogP contribution < -0.4 is 16.4 Å². The minimum Gasteiger partial charge on any atom is -0.379 e. The monoisotopic (exact) mass is 292 g/mol. The fraction of sp³-hybridized carbons (Fsp3) is 0.385. The Kier molecular flexibility index (Phi) is 4.36. The summed E-state index contributed by atoms with van der Waals surface area (Å²) in [6.45, 7) is 0.273. The molecule has 0 aromatic heterocycles. The molecule has 0 spiro atoms. The summed E-state index contributed by atoms with van der Waals surface area (Å²) >= 11 is 0. The molecule has 1 aliphatic rings. The van der Waals surface area contributed by atoms with Crippen molar-refractivity contribution in [1.29, 1.82) is 0 Å². The molecule has 8 nitrogen and oxygen atoms in total. The molecule has 1 aromatic rings. The fourth-order valence-corrected chi connectivity index (χ4v) is 1.82. The van der Waals surface area contributed by atoms with Gasteiger partial charge in [0, 0.05) is 30.6 Å².